The van der Waals surface area contributed by atoms with E-state index in [0.29, 0.717) is 5.69 Å². The molecule has 1 N–H and O–H groups in total. The van der Waals surface area contributed by atoms with Crippen LogP contribution in [0.5, 0.6) is 0 Å². The molecule has 0 unspecified atom stereocenters. The van der Waals surface area contributed by atoms with Gasteiger partial charge >= 0.3 is 6.18 Å². The van der Waals surface area contributed by atoms with Crippen LogP contribution in [0.4, 0.5) is 18.9 Å². The highest BCUT2D eigenvalue weighted by Crippen LogP contribution is 2.36. The van der Waals surface area contributed by atoms with Gasteiger partial charge in [0.15, 0.2) is 0 Å². The summed E-state index contributed by atoms with van der Waals surface area (Å²) >= 11 is 3.47. The van der Waals surface area contributed by atoms with Crippen molar-refractivity contribution in [2.24, 2.45) is 0 Å². The summed E-state index contributed by atoms with van der Waals surface area (Å²) in [4.78, 5) is 1.47. The van der Waals surface area contributed by atoms with E-state index in [1.807, 2.05) is 6.07 Å². The van der Waals surface area contributed by atoms with Crippen LogP contribution in [0, 0.1) is 0 Å². The highest BCUT2D eigenvalue weighted by Gasteiger charge is 2.38. The lowest BCUT2D eigenvalue weighted by molar-refractivity contribution is -0.120. The Bertz CT molecular complexity index is 472. The smallest absolute Gasteiger partial charge is 0.359 e. The molecular formula is C15H20BrF3N2. The summed E-state index contributed by atoms with van der Waals surface area (Å²) < 4.78 is 39.0. The lowest BCUT2D eigenvalue weighted by atomic mass is 10.2. The Balaban J connectivity index is 2.09. The van der Waals surface area contributed by atoms with Gasteiger partial charge in [-0.1, -0.05) is 28.9 Å². The third-order valence-electron chi connectivity index (χ3n) is 3.45. The molecule has 1 aromatic carbocycles. The van der Waals surface area contributed by atoms with E-state index in [-0.39, 0.29) is 6.04 Å². The lowest BCUT2D eigenvalue weighted by Gasteiger charge is -2.26. The number of anilines is 1. The molecule has 1 fully saturated rings. The molecule has 21 heavy (non-hydrogen) atoms. The molecule has 1 aliphatic rings. The summed E-state index contributed by atoms with van der Waals surface area (Å²) in [6.45, 7) is 2.86. The quantitative estimate of drug-likeness (QED) is 0.717. The Morgan fingerprint density at radius 2 is 2.05 bits per heavy atom. The summed E-state index contributed by atoms with van der Waals surface area (Å²) in [5, 5.41) is 3.29. The van der Waals surface area contributed by atoms with Crippen LogP contribution >= 0.6 is 15.9 Å². The number of halogens is 4. The highest BCUT2D eigenvalue weighted by molar-refractivity contribution is 9.10. The third-order valence-corrected chi connectivity index (χ3v) is 4.19. The summed E-state index contributed by atoms with van der Waals surface area (Å²) in [7, 11) is 0. The lowest BCUT2D eigenvalue weighted by Crippen LogP contribution is -2.36. The van der Waals surface area contributed by atoms with Crippen molar-refractivity contribution in [3.63, 3.8) is 0 Å². The molecule has 0 heterocycles. The molecule has 1 aromatic rings. The van der Waals surface area contributed by atoms with E-state index < -0.39 is 12.7 Å². The Morgan fingerprint density at radius 3 is 2.57 bits per heavy atom. The zero-order chi connectivity index (χ0) is 15.5. The largest absolute Gasteiger partial charge is 0.405 e. The molecule has 0 radical (unpaired) electrons. The first-order chi connectivity index (χ1) is 9.90. The van der Waals surface area contributed by atoms with Crippen LogP contribution in [0.3, 0.4) is 0 Å². The first-order valence-corrected chi connectivity index (χ1v) is 8.02. The minimum atomic E-state index is -4.17. The van der Waals surface area contributed by atoms with Crippen LogP contribution in [0.25, 0.3) is 0 Å². The number of alkyl halides is 3. The molecule has 2 rings (SSSR count). The molecule has 0 bridgehead atoms. The first-order valence-electron chi connectivity index (χ1n) is 7.23. The maximum atomic E-state index is 12.7. The fraction of sp³-hybridized carbons (Fsp3) is 0.600. The molecule has 118 valence electrons. The topological polar surface area (TPSA) is 15.3 Å². The van der Waals surface area contributed by atoms with Crippen LogP contribution in [-0.2, 0) is 6.54 Å². The normalized spacial score (nSPS) is 15.3. The van der Waals surface area contributed by atoms with Crippen LogP contribution < -0.4 is 10.2 Å². The zero-order valence-electron chi connectivity index (χ0n) is 12.0. The molecule has 0 spiro atoms. The monoisotopic (exact) mass is 364 g/mol. The average molecular weight is 365 g/mol. The van der Waals surface area contributed by atoms with Gasteiger partial charge in [0.05, 0.1) is 0 Å². The van der Waals surface area contributed by atoms with Crippen LogP contribution in [0.1, 0.15) is 31.7 Å². The van der Waals surface area contributed by atoms with E-state index in [9.17, 15) is 13.2 Å². The van der Waals surface area contributed by atoms with Crippen molar-refractivity contribution >= 4 is 21.6 Å². The summed E-state index contributed by atoms with van der Waals surface area (Å²) in [6.07, 6.45) is -1.44. The number of hydrogen-bond acceptors (Lipinski definition) is 2. The van der Waals surface area contributed by atoms with E-state index in [1.165, 1.54) is 4.90 Å². The van der Waals surface area contributed by atoms with Crippen molar-refractivity contribution < 1.29 is 13.2 Å². The van der Waals surface area contributed by atoms with E-state index in [2.05, 4.69) is 28.2 Å². The Hall–Kier alpha value is -0.750. The van der Waals surface area contributed by atoms with Gasteiger partial charge in [-0.3, -0.25) is 0 Å². The van der Waals surface area contributed by atoms with Crippen molar-refractivity contribution in [1.82, 2.24) is 5.32 Å². The maximum absolute atomic E-state index is 12.7. The summed E-state index contributed by atoms with van der Waals surface area (Å²) in [5.41, 5.74) is 1.70. The molecule has 0 aromatic heterocycles. The maximum Gasteiger partial charge on any atom is 0.405 e. The van der Waals surface area contributed by atoms with Gasteiger partial charge in [-0.05, 0) is 43.5 Å². The van der Waals surface area contributed by atoms with Gasteiger partial charge < -0.3 is 10.2 Å². The van der Waals surface area contributed by atoms with Crippen molar-refractivity contribution in [1.29, 1.82) is 0 Å². The average Bonchev–Trinajstić information content (AvgIpc) is 3.21. The van der Waals surface area contributed by atoms with E-state index >= 15 is 0 Å². The van der Waals surface area contributed by atoms with Gasteiger partial charge in [0.2, 0.25) is 0 Å². The number of rotatable bonds is 7. The van der Waals surface area contributed by atoms with Crippen LogP contribution in [0.2, 0.25) is 0 Å². The molecule has 0 atom stereocenters. The van der Waals surface area contributed by atoms with Gasteiger partial charge in [-0.15, -0.1) is 0 Å². The first kappa shape index (κ1) is 16.6. The molecular weight excluding hydrogens is 345 g/mol. The fourth-order valence-corrected chi connectivity index (χ4v) is 2.78. The third kappa shape index (κ3) is 5.18. The second-order valence-corrected chi connectivity index (χ2v) is 6.28. The Morgan fingerprint density at radius 1 is 1.33 bits per heavy atom. The number of nitrogens with one attached hydrogen (secondary N) is 1. The van der Waals surface area contributed by atoms with E-state index in [1.54, 1.807) is 12.1 Å². The SMILES string of the molecule is CCCNCc1ccc(N(CC(F)(F)F)C2CC2)cc1Br. The van der Waals surface area contributed by atoms with Gasteiger partial charge in [-0.25, -0.2) is 0 Å². The molecule has 0 amide bonds. The molecule has 1 aliphatic carbocycles. The Labute approximate surface area is 131 Å². The van der Waals surface area contributed by atoms with E-state index in [4.69, 9.17) is 0 Å². The predicted molar refractivity (Wildman–Crippen MR) is 82.6 cm³/mol. The van der Waals surface area contributed by atoms with Gasteiger partial charge in [0.1, 0.15) is 6.54 Å². The molecule has 0 saturated heterocycles. The van der Waals surface area contributed by atoms with Gasteiger partial charge in [0, 0.05) is 22.7 Å². The number of benzene rings is 1. The van der Waals surface area contributed by atoms with E-state index in [0.717, 1.165) is 42.4 Å². The summed E-state index contributed by atoms with van der Waals surface area (Å²) in [5.74, 6) is 0. The minimum Gasteiger partial charge on any atom is -0.359 e. The van der Waals surface area contributed by atoms with Crippen molar-refractivity contribution in [2.75, 3.05) is 18.0 Å². The number of hydrogen-bond donors (Lipinski definition) is 1. The second kappa shape index (κ2) is 7.01. The fourth-order valence-electron chi connectivity index (χ4n) is 2.27. The van der Waals surface area contributed by atoms with Crippen molar-refractivity contribution in [2.45, 2.75) is 44.9 Å². The minimum absolute atomic E-state index is 0.0302. The molecule has 6 heteroatoms. The number of nitrogens with zero attached hydrogens (tertiary/aromatic N) is 1. The van der Waals surface area contributed by atoms with Crippen molar-refractivity contribution in [3.8, 4) is 0 Å². The second-order valence-electron chi connectivity index (χ2n) is 5.43. The molecule has 0 aliphatic heterocycles. The predicted octanol–water partition coefficient (Wildman–Crippen LogP) is 4.48. The summed E-state index contributed by atoms with van der Waals surface area (Å²) in [6, 6.07) is 5.51. The van der Waals surface area contributed by atoms with Crippen LogP contribution in [0.15, 0.2) is 22.7 Å². The molecule has 2 nitrogen and oxygen atoms in total. The van der Waals surface area contributed by atoms with Gasteiger partial charge in [0.25, 0.3) is 0 Å². The Kier molecular flexibility index (Phi) is 5.54. The standard InChI is InChI=1S/C15H20BrF3N2/c1-2-7-20-9-11-3-4-13(8-14(11)16)21(12-5-6-12)10-15(17,18)19/h3-4,8,12,20H,2,5-7,9-10H2,1H3. The van der Waals surface area contributed by atoms with Crippen molar-refractivity contribution in [3.05, 3.63) is 28.2 Å². The van der Waals surface area contributed by atoms with Gasteiger partial charge in [-0.2, -0.15) is 13.2 Å². The van der Waals surface area contributed by atoms with Crippen LogP contribution in [-0.4, -0.2) is 25.3 Å². The molecule has 1 saturated carbocycles. The zero-order valence-corrected chi connectivity index (χ0v) is 13.6. The highest BCUT2D eigenvalue weighted by atomic mass is 79.9.